The molecule has 1 aliphatic rings. The lowest BCUT2D eigenvalue weighted by molar-refractivity contribution is -0.137. The van der Waals surface area contributed by atoms with Gasteiger partial charge in [0.2, 0.25) is 5.91 Å². The monoisotopic (exact) mass is 594 g/mol. The number of halogens is 4. The van der Waals surface area contributed by atoms with Gasteiger partial charge >= 0.3 is 6.18 Å². The summed E-state index contributed by atoms with van der Waals surface area (Å²) in [5.74, 6) is 1.10. The van der Waals surface area contributed by atoms with Crippen molar-refractivity contribution < 1.29 is 22.7 Å². The van der Waals surface area contributed by atoms with E-state index in [1.54, 1.807) is 42.4 Å². The normalized spacial score (nSPS) is 12.8. The topological polar surface area (TPSA) is 92.3 Å². The molecule has 0 atom stereocenters. The molecule has 42 heavy (non-hydrogen) atoms. The summed E-state index contributed by atoms with van der Waals surface area (Å²) in [4.78, 5) is 28.0. The Morgan fingerprint density at radius 2 is 1.95 bits per heavy atom. The minimum atomic E-state index is -4.49. The number of ether oxygens (including phenoxy) is 1. The number of amides is 1. The van der Waals surface area contributed by atoms with Gasteiger partial charge in [-0.25, -0.2) is 9.97 Å². The maximum atomic E-state index is 13.3. The number of carbonyl (C=O) groups excluding carboxylic acids is 1. The van der Waals surface area contributed by atoms with Crippen LogP contribution in [0, 0.1) is 0 Å². The first-order valence-electron chi connectivity index (χ1n) is 13.0. The fourth-order valence-corrected chi connectivity index (χ4v) is 4.56. The number of pyridine rings is 1. The van der Waals surface area contributed by atoms with Crippen molar-refractivity contribution in [3.63, 3.8) is 0 Å². The molecule has 2 N–H and O–H groups in total. The molecule has 0 aliphatic carbocycles. The first-order valence-corrected chi connectivity index (χ1v) is 13.4. The number of nitrogens with one attached hydrogen (secondary N) is 2. The zero-order valence-corrected chi connectivity index (χ0v) is 23.2. The Labute approximate surface area is 245 Å². The van der Waals surface area contributed by atoms with Crippen LogP contribution in [0.4, 0.5) is 30.5 Å². The molecule has 0 radical (unpaired) electrons. The van der Waals surface area contributed by atoms with Gasteiger partial charge in [-0.3, -0.25) is 9.78 Å². The lowest BCUT2D eigenvalue weighted by atomic mass is 10.1. The highest BCUT2D eigenvalue weighted by Gasteiger charge is 2.30. The van der Waals surface area contributed by atoms with E-state index >= 15 is 0 Å². The van der Waals surface area contributed by atoms with Crippen molar-refractivity contribution in [3.05, 3.63) is 101 Å². The van der Waals surface area contributed by atoms with Crippen LogP contribution in [0.1, 0.15) is 23.2 Å². The lowest BCUT2D eigenvalue weighted by Crippen LogP contribution is -2.30. The summed E-state index contributed by atoms with van der Waals surface area (Å²) in [6.07, 6.45) is 1.55. The van der Waals surface area contributed by atoms with E-state index in [2.05, 4.69) is 25.6 Å². The maximum absolute atomic E-state index is 13.3. The number of anilines is 3. The van der Waals surface area contributed by atoms with Crippen molar-refractivity contribution >= 4 is 40.9 Å². The van der Waals surface area contributed by atoms with Crippen LogP contribution in [0.3, 0.4) is 0 Å². The Morgan fingerprint density at radius 1 is 1.10 bits per heavy atom. The molecule has 0 fully saturated rings. The fraction of sp³-hybridized carbons (Fsp3) is 0.200. The summed E-state index contributed by atoms with van der Waals surface area (Å²) in [7, 11) is 1.76. The molecule has 1 amide bonds. The third-order valence-corrected chi connectivity index (χ3v) is 6.82. The Kier molecular flexibility index (Phi) is 8.58. The highest BCUT2D eigenvalue weighted by atomic mass is 35.5. The SMILES string of the molecule is CN(CCc1ccccn1)C(=O)C1=Cc2c(ncnc2Nc2ccc(Oc3cccc(C(F)(F)F)c3)c(Cl)c2)NCC1. The molecule has 3 heterocycles. The third-order valence-electron chi connectivity index (χ3n) is 6.52. The van der Waals surface area contributed by atoms with Crippen LogP contribution in [-0.2, 0) is 17.4 Å². The van der Waals surface area contributed by atoms with Gasteiger partial charge in [-0.1, -0.05) is 23.7 Å². The zero-order valence-electron chi connectivity index (χ0n) is 22.5. The van der Waals surface area contributed by atoms with Gasteiger partial charge in [-0.05, 0) is 61.0 Å². The number of benzene rings is 2. The van der Waals surface area contributed by atoms with Gasteiger partial charge in [-0.15, -0.1) is 0 Å². The summed E-state index contributed by atoms with van der Waals surface area (Å²) in [6, 6.07) is 15.0. The molecular formula is C30H26ClF3N6O2. The Morgan fingerprint density at radius 3 is 2.71 bits per heavy atom. The van der Waals surface area contributed by atoms with E-state index in [1.807, 2.05) is 18.2 Å². The van der Waals surface area contributed by atoms with Gasteiger partial charge in [0, 0.05) is 49.7 Å². The van der Waals surface area contributed by atoms with Crippen LogP contribution >= 0.6 is 11.6 Å². The smallest absolute Gasteiger partial charge is 0.416 e. The van der Waals surface area contributed by atoms with E-state index in [0.29, 0.717) is 54.4 Å². The Hall–Kier alpha value is -4.64. The van der Waals surface area contributed by atoms with Crippen molar-refractivity contribution in [1.29, 1.82) is 0 Å². The van der Waals surface area contributed by atoms with Crippen LogP contribution in [0.15, 0.2) is 78.8 Å². The molecule has 0 unspecified atom stereocenters. The molecule has 0 saturated carbocycles. The number of nitrogens with zero attached hydrogens (tertiary/aromatic N) is 4. The second-order valence-electron chi connectivity index (χ2n) is 9.53. The number of aromatic nitrogens is 3. The summed E-state index contributed by atoms with van der Waals surface area (Å²) in [5.41, 5.74) is 1.85. The molecule has 5 rings (SSSR count). The van der Waals surface area contributed by atoms with Crippen molar-refractivity contribution in [1.82, 2.24) is 19.9 Å². The van der Waals surface area contributed by atoms with E-state index in [-0.39, 0.29) is 22.4 Å². The van der Waals surface area contributed by atoms with Crippen molar-refractivity contribution in [2.45, 2.75) is 19.0 Å². The zero-order chi connectivity index (χ0) is 29.7. The summed E-state index contributed by atoms with van der Waals surface area (Å²) >= 11 is 6.42. The molecule has 2 aromatic carbocycles. The molecule has 0 bridgehead atoms. The van der Waals surface area contributed by atoms with Crippen LogP contribution < -0.4 is 15.4 Å². The van der Waals surface area contributed by atoms with E-state index in [0.717, 1.165) is 17.8 Å². The molecule has 4 aromatic rings. The van der Waals surface area contributed by atoms with E-state index in [4.69, 9.17) is 16.3 Å². The van der Waals surface area contributed by atoms with Crippen molar-refractivity contribution in [2.24, 2.45) is 0 Å². The Bertz CT molecular complexity index is 1610. The van der Waals surface area contributed by atoms with Gasteiger partial charge in [0.25, 0.3) is 0 Å². The number of alkyl halides is 3. The van der Waals surface area contributed by atoms with Crippen molar-refractivity contribution in [3.8, 4) is 11.5 Å². The number of rotatable bonds is 8. The maximum Gasteiger partial charge on any atom is 0.416 e. The molecule has 1 aliphatic heterocycles. The number of carbonyl (C=O) groups is 1. The van der Waals surface area contributed by atoms with E-state index in [1.165, 1.54) is 18.5 Å². The molecule has 2 aromatic heterocycles. The highest BCUT2D eigenvalue weighted by molar-refractivity contribution is 6.32. The second-order valence-corrected chi connectivity index (χ2v) is 9.93. The molecule has 216 valence electrons. The molecule has 0 spiro atoms. The molecule has 0 saturated heterocycles. The van der Waals surface area contributed by atoms with Gasteiger partial charge < -0.3 is 20.3 Å². The largest absolute Gasteiger partial charge is 0.456 e. The molecule has 8 nitrogen and oxygen atoms in total. The summed E-state index contributed by atoms with van der Waals surface area (Å²) < 4.78 is 44.8. The molecular weight excluding hydrogens is 569 g/mol. The van der Waals surface area contributed by atoms with Crippen LogP contribution in [0.25, 0.3) is 6.08 Å². The lowest BCUT2D eigenvalue weighted by Gasteiger charge is -2.18. The quantitative estimate of drug-likeness (QED) is 0.227. The van der Waals surface area contributed by atoms with Crippen LogP contribution in [0.5, 0.6) is 11.5 Å². The van der Waals surface area contributed by atoms with Gasteiger partial charge in [0.05, 0.1) is 16.1 Å². The van der Waals surface area contributed by atoms with E-state index in [9.17, 15) is 18.0 Å². The summed E-state index contributed by atoms with van der Waals surface area (Å²) in [6.45, 7) is 1.03. The molecule has 12 heteroatoms. The highest BCUT2D eigenvalue weighted by Crippen LogP contribution is 2.36. The van der Waals surface area contributed by atoms with Gasteiger partial charge in [0.15, 0.2) is 0 Å². The predicted molar refractivity (Wildman–Crippen MR) is 155 cm³/mol. The Balaban J connectivity index is 1.33. The third kappa shape index (κ3) is 6.98. The first-order chi connectivity index (χ1) is 20.2. The first kappa shape index (κ1) is 28.9. The van der Waals surface area contributed by atoms with Crippen molar-refractivity contribution in [2.75, 3.05) is 30.8 Å². The standard InChI is InChI=1S/C30H26ClF3N6O2/c1-40(14-11-21-6-2-3-12-35-21)29(41)19-10-13-36-27-24(15-19)28(38-18-37-27)39-22-8-9-26(25(31)17-22)42-23-7-4-5-20(16-23)30(32,33)34/h2-9,12,15-18H,10-11,13-14H2,1H3,(H2,36,37,38,39). The fourth-order valence-electron chi connectivity index (χ4n) is 4.34. The minimum absolute atomic E-state index is 0.00645. The predicted octanol–water partition coefficient (Wildman–Crippen LogP) is 6.98. The van der Waals surface area contributed by atoms with Gasteiger partial charge in [0.1, 0.15) is 29.5 Å². The number of hydrogen-bond acceptors (Lipinski definition) is 7. The average molecular weight is 595 g/mol. The number of hydrogen-bond donors (Lipinski definition) is 2. The minimum Gasteiger partial charge on any atom is -0.456 e. The van der Waals surface area contributed by atoms with E-state index < -0.39 is 11.7 Å². The second kappa shape index (κ2) is 12.5. The van der Waals surface area contributed by atoms with Crippen LogP contribution in [-0.4, -0.2) is 45.9 Å². The van der Waals surface area contributed by atoms with Gasteiger partial charge in [-0.2, -0.15) is 13.2 Å². The summed E-state index contributed by atoms with van der Waals surface area (Å²) in [5, 5.41) is 6.62. The average Bonchev–Trinajstić information content (AvgIpc) is 3.21. The number of fused-ring (bicyclic) bond motifs is 1. The van der Waals surface area contributed by atoms with Crippen LogP contribution in [0.2, 0.25) is 5.02 Å². The number of likely N-dealkylation sites (N-methyl/N-ethyl adjacent to an activating group) is 1.